The van der Waals surface area contributed by atoms with Crippen molar-refractivity contribution in [1.82, 2.24) is 20.2 Å². The third-order valence-corrected chi connectivity index (χ3v) is 3.82. The summed E-state index contributed by atoms with van der Waals surface area (Å²) < 4.78 is 2.22. The first kappa shape index (κ1) is 17.8. The van der Waals surface area contributed by atoms with Crippen LogP contribution in [-0.4, -0.2) is 28.6 Å². The van der Waals surface area contributed by atoms with Crippen LogP contribution in [0.5, 0.6) is 0 Å². The molecule has 0 saturated heterocycles. The first-order valence-electron chi connectivity index (χ1n) is 7.98. The average Bonchev–Trinajstić information content (AvgIpc) is 3.02. The summed E-state index contributed by atoms with van der Waals surface area (Å²) in [6, 6.07) is 10.6. The van der Waals surface area contributed by atoms with Gasteiger partial charge < -0.3 is 15.2 Å². The molecule has 6 heteroatoms. The van der Waals surface area contributed by atoms with Crippen molar-refractivity contribution in [2.24, 2.45) is 4.99 Å². The van der Waals surface area contributed by atoms with E-state index in [1.807, 2.05) is 6.20 Å². The van der Waals surface area contributed by atoms with Crippen LogP contribution < -0.4 is 10.6 Å². The molecule has 0 spiro atoms. The summed E-state index contributed by atoms with van der Waals surface area (Å²) in [5.41, 5.74) is 1.39. The first-order valence-corrected chi connectivity index (χ1v) is 7.98. The van der Waals surface area contributed by atoms with E-state index in [9.17, 15) is 0 Å². The van der Waals surface area contributed by atoms with E-state index in [1.165, 1.54) is 5.56 Å². The lowest BCUT2D eigenvalue weighted by molar-refractivity contribution is 0.597. The fourth-order valence-electron chi connectivity index (χ4n) is 2.62. The van der Waals surface area contributed by atoms with Gasteiger partial charge in [-0.3, -0.25) is 4.99 Å². The molecule has 1 aromatic heterocycles. The Hall–Kier alpha value is -1.57. The molecule has 2 aromatic rings. The summed E-state index contributed by atoms with van der Waals surface area (Å²) >= 11 is 0. The lowest BCUT2D eigenvalue weighted by atomic mass is 10.1. The van der Waals surface area contributed by atoms with Crippen molar-refractivity contribution >= 4 is 29.9 Å². The molecule has 1 aromatic carbocycles. The predicted octanol–water partition coefficient (Wildman–Crippen LogP) is 2.57. The molecular formula is C17H24IN5. The number of hydrogen-bond acceptors (Lipinski definition) is 4. The molecule has 2 N–H and O–H groups in total. The third kappa shape index (κ3) is 5.53. The van der Waals surface area contributed by atoms with Gasteiger partial charge in [-0.1, -0.05) is 30.3 Å². The van der Waals surface area contributed by atoms with E-state index in [2.05, 4.69) is 61.7 Å². The number of aliphatic imine (C=N–C) groups is 1. The van der Waals surface area contributed by atoms with Gasteiger partial charge in [0.25, 0.3) is 0 Å². The van der Waals surface area contributed by atoms with Gasteiger partial charge in [0.05, 0.1) is 6.54 Å². The molecule has 1 aliphatic heterocycles. The van der Waals surface area contributed by atoms with Crippen LogP contribution in [0.15, 0.2) is 47.7 Å². The number of aryl methyl sites for hydroxylation is 2. The van der Waals surface area contributed by atoms with Gasteiger partial charge in [0.2, 0.25) is 0 Å². The third-order valence-electron chi connectivity index (χ3n) is 3.82. The Kier molecular flexibility index (Phi) is 7.38. The summed E-state index contributed by atoms with van der Waals surface area (Å²) in [4.78, 5) is 8.86. The minimum absolute atomic E-state index is 0. The Labute approximate surface area is 154 Å². The van der Waals surface area contributed by atoms with Gasteiger partial charge in [-0.05, 0) is 24.8 Å². The Morgan fingerprint density at radius 3 is 2.87 bits per heavy atom. The minimum atomic E-state index is 0. The van der Waals surface area contributed by atoms with Crippen LogP contribution in [0.1, 0.15) is 24.2 Å². The van der Waals surface area contributed by atoms with Crippen LogP contribution in [0.3, 0.4) is 0 Å². The van der Waals surface area contributed by atoms with E-state index in [1.54, 1.807) is 0 Å². The zero-order valence-corrected chi connectivity index (χ0v) is 15.6. The normalized spacial score (nSPS) is 13.7. The Morgan fingerprint density at radius 2 is 2.09 bits per heavy atom. The van der Waals surface area contributed by atoms with Gasteiger partial charge >= 0.3 is 0 Å². The van der Waals surface area contributed by atoms with Crippen LogP contribution in [0.25, 0.3) is 0 Å². The molecule has 0 aliphatic carbocycles. The fourth-order valence-corrected chi connectivity index (χ4v) is 2.62. The summed E-state index contributed by atoms with van der Waals surface area (Å²) in [6.07, 6.45) is 7.25. The quantitative estimate of drug-likeness (QED) is 0.700. The number of nitrogens with zero attached hydrogens (tertiary/aromatic N) is 3. The zero-order valence-electron chi connectivity index (χ0n) is 13.2. The summed E-state index contributed by atoms with van der Waals surface area (Å²) in [5, 5.41) is 6.60. The highest BCUT2D eigenvalue weighted by Gasteiger charge is 2.06. The number of aromatic nitrogens is 2. The Morgan fingerprint density at radius 1 is 1.22 bits per heavy atom. The molecule has 3 rings (SSSR count). The Bertz CT molecular complexity index is 608. The lowest BCUT2D eigenvalue weighted by Gasteiger charge is -2.16. The number of rotatable bonds is 6. The van der Waals surface area contributed by atoms with Crippen molar-refractivity contribution in [3.05, 3.63) is 54.1 Å². The van der Waals surface area contributed by atoms with E-state index in [0.717, 1.165) is 50.7 Å². The maximum absolute atomic E-state index is 4.44. The van der Waals surface area contributed by atoms with Crippen molar-refractivity contribution in [3.8, 4) is 0 Å². The number of nitrogens with one attached hydrogen (secondary N) is 2. The van der Waals surface area contributed by atoms with Crippen LogP contribution in [0.4, 0.5) is 0 Å². The molecule has 23 heavy (non-hydrogen) atoms. The maximum atomic E-state index is 4.44. The van der Waals surface area contributed by atoms with Gasteiger partial charge in [0.1, 0.15) is 5.82 Å². The standard InChI is InChI=1S/C17H23N5.HI/c1-2-6-15(7-3-1)8-4-12-22-13-11-18-16(22)14-21-17-19-9-5-10-20-17;/h1-3,6-7,11,13H,4-5,8-10,12,14H2,(H2,19,20,21);1H. The SMILES string of the molecule is I.c1ccc(CCCn2ccnc2CNC2=NCCCN2)cc1. The zero-order chi connectivity index (χ0) is 15.0. The van der Waals surface area contributed by atoms with Crippen molar-refractivity contribution < 1.29 is 0 Å². The van der Waals surface area contributed by atoms with Gasteiger partial charge in [0, 0.05) is 32.0 Å². The van der Waals surface area contributed by atoms with Crippen LogP contribution in [0, 0.1) is 0 Å². The molecule has 1 aliphatic rings. The molecular weight excluding hydrogens is 401 g/mol. The van der Waals surface area contributed by atoms with Gasteiger partial charge in [0.15, 0.2) is 5.96 Å². The monoisotopic (exact) mass is 425 g/mol. The highest BCUT2D eigenvalue weighted by molar-refractivity contribution is 14.0. The molecule has 0 unspecified atom stereocenters. The number of benzene rings is 1. The maximum Gasteiger partial charge on any atom is 0.191 e. The number of hydrogen-bond donors (Lipinski definition) is 2. The second-order valence-corrected chi connectivity index (χ2v) is 5.49. The fraction of sp³-hybridized carbons (Fsp3) is 0.412. The lowest BCUT2D eigenvalue weighted by Crippen LogP contribution is -2.40. The molecule has 0 bridgehead atoms. The molecule has 2 heterocycles. The van der Waals surface area contributed by atoms with E-state index in [0.29, 0.717) is 6.54 Å². The minimum Gasteiger partial charge on any atom is -0.356 e. The highest BCUT2D eigenvalue weighted by Crippen LogP contribution is 2.06. The molecule has 0 saturated carbocycles. The number of halogens is 1. The first-order chi connectivity index (χ1) is 10.9. The summed E-state index contributed by atoms with van der Waals surface area (Å²) in [6.45, 7) is 3.61. The second kappa shape index (κ2) is 9.54. The van der Waals surface area contributed by atoms with E-state index in [-0.39, 0.29) is 24.0 Å². The Balaban J connectivity index is 0.00000192. The molecule has 124 valence electrons. The van der Waals surface area contributed by atoms with Crippen molar-refractivity contribution in [3.63, 3.8) is 0 Å². The molecule has 0 amide bonds. The van der Waals surface area contributed by atoms with Crippen LogP contribution in [-0.2, 0) is 19.5 Å². The van der Waals surface area contributed by atoms with Gasteiger partial charge in [-0.15, -0.1) is 24.0 Å². The largest absolute Gasteiger partial charge is 0.356 e. The van der Waals surface area contributed by atoms with E-state index in [4.69, 9.17) is 0 Å². The molecule has 5 nitrogen and oxygen atoms in total. The van der Waals surface area contributed by atoms with Crippen molar-refractivity contribution in [2.45, 2.75) is 32.4 Å². The van der Waals surface area contributed by atoms with Gasteiger partial charge in [-0.2, -0.15) is 0 Å². The smallest absolute Gasteiger partial charge is 0.191 e. The topological polar surface area (TPSA) is 54.2 Å². The van der Waals surface area contributed by atoms with Crippen LogP contribution >= 0.6 is 24.0 Å². The number of imidazole rings is 1. The molecule has 0 radical (unpaired) electrons. The van der Waals surface area contributed by atoms with E-state index >= 15 is 0 Å². The second-order valence-electron chi connectivity index (χ2n) is 5.49. The van der Waals surface area contributed by atoms with Crippen LogP contribution in [0.2, 0.25) is 0 Å². The predicted molar refractivity (Wildman–Crippen MR) is 104 cm³/mol. The van der Waals surface area contributed by atoms with Crippen molar-refractivity contribution in [1.29, 1.82) is 0 Å². The molecule has 0 atom stereocenters. The average molecular weight is 425 g/mol. The van der Waals surface area contributed by atoms with Crippen molar-refractivity contribution in [2.75, 3.05) is 13.1 Å². The highest BCUT2D eigenvalue weighted by atomic mass is 127. The van der Waals surface area contributed by atoms with Gasteiger partial charge in [-0.25, -0.2) is 4.98 Å². The summed E-state index contributed by atoms with van der Waals surface area (Å²) in [7, 11) is 0. The number of guanidine groups is 1. The summed E-state index contributed by atoms with van der Waals surface area (Å²) in [5.74, 6) is 1.95. The van der Waals surface area contributed by atoms with E-state index < -0.39 is 0 Å². The molecule has 0 fully saturated rings.